The van der Waals surface area contributed by atoms with Gasteiger partial charge in [0.25, 0.3) is 0 Å². The number of alkyl halides is 3. The lowest BCUT2D eigenvalue weighted by Crippen LogP contribution is -2.39. The second-order valence-corrected chi connectivity index (χ2v) is 7.17. The van der Waals surface area contributed by atoms with Gasteiger partial charge in [0.2, 0.25) is 5.91 Å². The Hall–Kier alpha value is -2.25. The van der Waals surface area contributed by atoms with Gasteiger partial charge in [-0.2, -0.15) is 0 Å². The molecule has 0 unspecified atom stereocenters. The number of carboxylic acids is 1. The zero-order valence-electron chi connectivity index (χ0n) is 14.0. The number of hydrogen-bond acceptors (Lipinski definition) is 3. The summed E-state index contributed by atoms with van der Waals surface area (Å²) in [6.45, 7) is 0. The van der Waals surface area contributed by atoms with Gasteiger partial charge in [0.15, 0.2) is 0 Å². The van der Waals surface area contributed by atoms with E-state index in [0.717, 1.165) is 5.56 Å². The first-order chi connectivity index (χ1) is 12.2. The van der Waals surface area contributed by atoms with Crippen molar-refractivity contribution in [1.29, 1.82) is 0 Å². The van der Waals surface area contributed by atoms with Crippen LogP contribution >= 0.6 is 0 Å². The molecule has 0 aromatic heterocycles. The summed E-state index contributed by atoms with van der Waals surface area (Å²) in [4.78, 5) is 23.6. The molecule has 2 fully saturated rings. The van der Waals surface area contributed by atoms with Crippen molar-refractivity contribution in [3.8, 4) is 5.75 Å². The number of carboxylic acid groups (broad SMARTS) is 1. The van der Waals surface area contributed by atoms with E-state index in [0.29, 0.717) is 38.5 Å². The lowest BCUT2D eigenvalue weighted by Gasteiger charge is -2.19. The van der Waals surface area contributed by atoms with Crippen molar-refractivity contribution >= 4 is 11.9 Å². The van der Waals surface area contributed by atoms with Crippen LogP contribution < -0.4 is 10.1 Å². The first-order valence-corrected chi connectivity index (χ1v) is 8.55. The molecule has 8 heteroatoms. The van der Waals surface area contributed by atoms with E-state index >= 15 is 0 Å². The third kappa shape index (κ3) is 4.47. The van der Waals surface area contributed by atoms with Crippen molar-refractivity contribution in [1.82, 2.24) is 5.32 Å². The summed E-state index contributed by atoms with van der Waals surface area (Å²) in [5.41, 5.74) is 0.232. The van der Waals surface area contributed by atoms with E-state index in [1.165, 1.54) is 24.3 Å². The highest BCUT2D eigenvalue weighted by Crippen LogP contribution is 2.49. The van der Waals surface area contributed by atoms with Crippen LogP contribution in [0.5, 0.6) is 5.75 Å². The Labute approximate surface area is 148 Å². The Kier molecular flexibility index (Phi) is 4.86. The van der Waals surface area contributed by atoms with E-state index in [1.54, 1.807) is 0 Å². The minimum Gasteiger partial charge on any atom is -0.481 e. The first-order valence-electron chi connectivity index (χ1n) is 8.55. The smallest absolute Gasteiger partial charge is 0.481 e. The fraction of sp³-hybridized carbons (Fsp3) is 0.556. The molecule has 26 heavy (non-hydrogen) atoms. The molecular formula is C18H20F3NO4. The summed E-state index contributed by atoms with van der Waals surface area (Å²) in [6, 6.07) is 5.43. The fourth-order valence-corrected chi connectivity index (χ4v) is 3.51. The molecule has 0 heterocycles. The van der Waals surface area contributed by atoms with Crippen LogP contribution in [0.15, 0.2) is 24.3 Å². The topological polar surface area (TPSA) is 75.6 Å². The molecule has 2 aliphatic carbocycles. The molecule has 0 saturated heterocycles. The van der Waals surface area contributed by atoms with E-state index in [1.807, 2.05) is 0 Å². The normalized spacial score (nSPS) is 24.1. The van der Waals surface area contributed by atoms with Gasteiger partial charge in [0, 0.05) is 6.04 Å². The van der Waals surface area contributed by atoms with Crippen molar-refractivity contribution in [2.45, 2.75) is 50.9 Å². The van der Waals surface area contributed by atoms with E-state index in [2.05, 4.69) is 10.1 Å². The van der Waals surface area contributed by atoms with Gasteiger partial charge in [0.1, 0.15) is 5.75 Å². The summed E-state index contributed by atoms with van der Waals surface area (Å²) in [6.07, 6.45) is -1.19. The summed E-state index contributed by atoms with van der Waals surface area (Å²) < 4.78 is 40.4. The SMILES string of the molecule is O=C(O)[C@H]1CC[C@@H](NC(=O)C2(Cc3ccc(OC(F)(F)F)cc3)CC2)C1. The minimum absolute atomic E-state index is 0.0934. The average Bonchev–Trinajstić information content (AvgIpc) is 3.17. The number of aliphatic carboxylic acids is 1. The molecule has 1 aromatic carbocycles. The number of carbonyl (C=O) groups excluding carboxylic acids is 1. The van der Waals surface area contributed by atoms with Gasteiger partial charge < -0.3 is 15.2 Å². The van der Waals surface area contributed by atoms with Crippen LogP contribution in [0.1, 0.15) is 37.7 Å². The number of rotatable bonds is 6. The zero-order valence-corrected chi connectivity index (χ0v) is 14.0. The van der Waals surface area contributed by atoms with E-state index < -0.39 is 23.7 Å². The number of benzene rings is 1. The number of ether oxygens (including phenoxy) is 1. The van der Waals surface area contributed by atoms with Gasteiger partial charge in [-0.15, -0.1) is 13.2 Å². The monoisotopic (exact) mass is 371 g/mol. The van der Waals surface area contributed by atoms with Gasteiger partial charge >= 0.3 is 12.3 Å². The predicted molar refractivity (Wildman–Crippen MR) is 85.4 cm³/mol. The largest absolute Gasteiger partial charge is 0.573 e. The Morgan fingerprint density at radius 3 is 2.35 bits per heavy atom. The molecule has 2 saturated carbocycles. The molecule has 1 amide bonds. The number of hydrogen-bond donors (Lipinski definition) is 2. The van der Waals surface area contributed by atoms with Crippen molar-refractivity contribution in [3.05, 3.63) is 29.8 Å². The molecule has 2 aliphatic rings. The molecular weight excluding hydrogens is 351 g/mol. The molecule has 0 spiro atoms. The van der Waals surface area contributed by atoms with Gasteiger partial charge in [-0.3, -0.25) is 9.59 Å². The number of amides is 1. The van der Waals surface area contributed by atoms with Gasteiger partial charge in [-0.25, -0.2) is 0 Å². The van der Waals surface area contributed by atoms with Crippen LogP contribution in [0.3, 0.4) is 0 Å². The third-order valence-electron chi connectivity index (χ3n) is 5.15. The van der Waals surface area contributed by atoms with Crippen molar-refractivity contribution in [2.75, 3.05) is 0 Å². The third-order valence-corrected chi connectivity index (χ3v) is 5.15. The zero-order chi connectivity index (χ0) is 18.9. The van der Waals surface area contributed by atoms with Crippen molar-refractivity contribution < 1.29 is 32.6 Å². The summed E-state index contributed by atoms with van der Waals surface area (Å²) in [5.74, 6) is -1.62. The Morgan fingerprint density at radius 2 is 1.85 bits per heavy atom. The molecule has 142 valence electrons. The van der Waals surface area contributed by atoms with Crippen LogP contribution in [0.4, 0.5) is 13.2 Å². The Balaban J connectivity index is 1.56. The minimum atomic E-state index is -4.73. The molecule has 2 atom stereocenters. The van der Waals surface area contributed by atoms with Gasteiger partial charge in [-0.1, -0.05) is 12.1 Å². The van der Waals surface area contributed by atoms with Gasteiger partial charge in [-0.05, 0) is 56.2 Å². The molecule has 1 aromatic rings. The van der Waals surface area contributed by atoms with Crippen molar-refractivity contribution in [2.24, 2.45) is 11.3 Å². The maximum Gasteiger partial charge on any atom is 0.573 e. The molecule has 0 aliphatic heterocycles. The van der Waals surface area contributed by atoms with Crippen LogP contribution in [0.2, 0.25) is 0 Å². The highest BCUT2D eigenvalue weighted by Gasteiger charge is 2.50. The molecule has 3 rings (SSSR count). The van der Waals surface area contributed by atoms with Crippen LogP contribution in [-0.2, 0) is 16.0 Å². The highest BCUT2D eigenvalue weighted by atomic mass is 19.4. The average molecular weight is 371 g/mol. The van der Waals surface area contributed by atoms with Gasteiger partial charge in [0.05, 0.1) is 11.3 Å². The molecule has 5 nitrogen and oxygen atoms in total. The summed E-state index contributed by atoms with van der Waals surface area (Å²) in [7, 11) is 0. The van der Waals surface area contributed by atoms with E-state index in [4.69, 9.17) is 5.11 Å². The number of carbonyl (C=O) groups is 2. The quantitative estimate of drug-likeness (QED) is 0.805. The lowest BCUT2D eigenvalue weighted by molar-refractivity contribution is -0.274. The van der Waals surface area contributed by atoms with Crippen LogP contribution in [0, 0.1) is 11.3 Å². The number of halogens is 3. The lowest BCUT2D eigenvalue weighted by atomic mass is 9.95. The Bertz CT molecular complexity index is 683. The fourth-order valence-electron chi connectivity index (χ4n) is 3.51. The summed E-state index contributed by atoms with van der Waals surface area (Å²) in [5, 5.41) is 12.0. The second kappa shape index (κ2) is 6.81. The molecule has 2 N–H and O–H groups in total. The Morgan fingerprint density at radius 1 is 1.19 bits per heavy atom. The van der Waals surface area contributed by atoms with Crippen LogP contribution in [0.25, 0.3) is 0 Å². The molecule has 0 radical (unpaired) electrons. The van der Waals surface area contributed by atoms with E-state index in [9.17, 15) is 22.8 Å². The maximum absolute atomic E-state index is 12.6. The van der Waals surface area contributed by atoms with Crippen molar-refractivity contribution in [3.63, 3.8) is 0 Å². The van der Waals surface area contributed by atoms with E-state index in [-0.39, 0.29) is 17.7 Å². The van der Waals surface area contributed by atoms with Crippen LogP contribution in [-0.4, -0.2) is 29.4 Å². The second-order valence-electron chi connectivity index (χ2n) is 7.17. The predicted octanol–water partition coefficient (Wildman–Crippen LogP) is 3.28. The number of nitrogens with one attached hydrogen (secondary N) is 1. The highest BCUT2D eigenvalue weighted by molar-refractivity contribution is 5.86. The first kappa shape index (κ1) is 18.5. The maximum atomic E-state index is 12.6. The molecule has 0 bridgehead atoms. The standard InChI is InChI=1S/C18H20F3NO4/c19-18(20,21)26-14-5-1-11(2-6-14)10-17(7-8-17)16(25)22-13-4-3-12(9-13)15(23)24/h1-2,5-6,12-13H,3-4,7-10H2,(H,22,25)(H,23,24)/t12-,13+/m0/s1. The summed E-state index contributed by atoms with van der Waals surface area (Å²) >= 11 is 0.